The Labute approximate surface area is 135 Å². The maximum absolute atomic E-state index is 12.2. The highest BCUT2D eigenvalue weighted by molar-refractivity contribution is 5.99. The van der Waals surface area contributed by atoms with Crippen molar-refractivity contribution in [2.24, 2.45) is 0 Å². The molecule has 1 aromatic heterocycles. The van der Waals surface area contributed by atoms with Gasteiger partial charge in [-0.2, -0.15) is 0 Å². The Morgan fingerprint density at radius 2 is 2.04 bits per heavy atom. The standard InChI is InChI=1S/C16H23N3O4/c1-10(20)11-7-13(17-8-11)14(21)18-12-5-6-19(9-12)15(22)23-16(2,3)4/h7-8,12,17H,5-6,9H2,1-4H3,(H,18,21)/t12-/m1/s1. The molecule has 1 atom stereocenters. The second-order valence-electron chi connectivity index (χ2n) is 6.74. The number of ketones is 1. The minimum absolute atomic E-state index is 0.0998. The highest BCUT2D eigenvalue weighted by Gasteiger charge is 2.30. The van der Waals surface area contributed by atoms with Crippen LogP contribution >= 0.6 is 0 Å². The normalized spacial score (nSPS) is 17.9. The number of aromatic amines is 1. The zero-order valence-corrected chi connectivity index (χ0v) is 13.9. The Balaban J connectivity index is 1.88. The fourth-order valence-corrected chi connectivity index (χ4v) is 2.36. The number of nitrogens with zero attached hydrogens (tertiary/aromatic N) is 1. The third kappa shape index (κ3) is 4.58. The number of carbonyl (C=O) groups is 3. The number of ether oxygens (including phenoxy) is 1. The van der Waals surface area contributed by atoms with Crippen LogP contribution in [0.3, 0.4) is 0 Å². The highest BCUT2D eigenvalue weighted by Crippen LogP contribution is 2.15. The molecule has 2 amide bonds. The maximum Gasteiger partial charge on any atom is 0.410 e. The van der Waals surface area contributed by atoms with Crippen molar-refractivity contribution in [3.63, 3.8) is 0 Å². The summed E-state index contributed by atoms with van der Waals surface area (Å²) >= 11 is 0. The van der Waals surface area contributed by atoms with Gasteiger partial charge in [0, 0.05) is 30.9 Å². The predicted octanol–water partition coefficient (Wildman–Crippen LogP) is 1.96. The first-order chi connectivity index (χ1) is 10.7. The molecule has 126 valence electrons. The van der Waals surface area contributed by atoms with Crippen molar-refractivity contribution in [1.82, 2.24) is 15.2 Å². The van der Waals surface area contributed by atoms with E-state index in [4.69, 9.17) is 4.74 Å². The molecule has 0 saturated carbocycles. The van der Waals surface area contributed by atoms with E-state index in [1.165, 1.54) is 19.2 Å². The third-order valence-electron chi connectivity index (χ3n) is 3.51. The lowest BCUT2D eigenvalue weighted by Gasteiger charge is -2.24. The molecule has 1 fully saturated rings. The van der Waals surface area contributed by atoms with Crippen LogP contribution in [-0.2, 0) is 4.74 Å². The first kappa shape index (κ1) is 17.1. The summed E-state index contributed by atoms with van der Waals surface area (Å²) < 4.78 is 5.32. The largest absolute Gasteiger partial charge is 0.444 e. The molecule has 0 spiro atoms. The van der Waals surface area contributed by atoms with Gasteiger partial charge in [0.25, 0.3) is 5.91 Å². The van der Waals surface area contributed by atoms with Gasteiger partial charge in [-0.25, -0.2) is 4.79 Å². The van der Waals surface area contributed by atoms with Gasteiger partial charge in [-0.05, 0) is 40.2 Å². The van der Waals surface area contributed by atoms with Crippen LogP contribution in [0.15, 0.2) is 12.3 Å². The van der Waals surface area contributed by atoms with Crippen LogP contribution in [0.25, 0.3) is 0 Å². The van der Waals surface area contributed by atoms with E-state index in [9.17, 15) is 14.4 Å². The highest BCUT2D eigenvalue weighted by atomic mass is 16.6. The van der Waals surface area contributed by atoms with Crippen LogP contribution in [0.4, 0.5) is 4.79 Å². The Morgan fingerprint density at radius 1 is 1.35 bits per heavy atom. The zero-order valence-electron chi connectivity index (χ0n) is 13.9. The van der Waals surface area contributed by atoms with Crippen LogP contribution in [0.1, 0.15) is 55.0 Å². The first-order valence-corrected chi connectivity index (χ1v) is 7.64. The van der Waals surface area contributed by atoms with Crippen LogP contribution in [0.2, 0.25) is 0 Å². The molecule has 2 rings (SSSR count). The Hall–Kier alpha value is -2.31. The molecule has 0 radical (unpaired) electrons. The summed E-state index contributed by atoms with van der Waals surface area (Å²) in [5.41, 5.74) is 0.272. The van der Waals surface area contributed by atoms with E-state index in [0.717, 1.165) is 0 Å². The lowest BCUT2D eigenvalue weighted by molar-refractivity contribution is 0.0290. The molecule has 0 aromatic carbocycles. The maximum atomic E-state index is 12.2. The summed E-state index contributed by atoms with van der Waals surface area (Å²) in [7, 11) is 0. The SMILES string of the molecule is CC(=O)c1c[nH]c(C(=O)N[C@@H]2CCN(C(=O)OC(C)(C)C)C2)c1. The number of rotatable bonds is 3. The fourth-order valence-electron chi connectivity index (χ4n) is 2.36. The van der Waals surface area contributed by atoms with Gasteiger partial charge in [-0.3, -0.25) is 9.59 Å². The van der Waals surface area contributed by atoms with Gasteiger partial charge < -0.3 is 19.9 Å². The molecule has 7 heteroatoms. The van der Waals surface area contributed by atoms with Crippen LogP contribution < -0.4 is 5.32 Å². The molecular weight excluding hydrogens is 298 g/mol. The minimum Gasteiger partial charge on any atom is -0.444 e. The quantitative estimate of drug-likeness (QED) is 0.833. The molecule has 7 nitrogen and oxygen atoms in total. The van der Waals surface area contributed by atoms with Gasteiger partial charge in [-0.1, -0.05) is 0 Å². The van der Waals surface area contributed by atoms with Crippen LogP contribution in [-0.4, -0.2) is 52.4 Å². The molecule has 23 heavy (non-hydrogen) atoms. The Morgan fingerprint density at radius 3 is 2.61 bits per heavy atom. The van der Waals surface area contributed by atoms with Gasteiger partial charge >= 0.3 is 6.09 Å². The second-order valence-corrected chi connectivity index (χ2v) is 6.74. The molecule has 1 aliphatic heterocycles. The van der Waals surface area contributed by atoms with Crippen molar-refractivity contribution in [3.8, 4) is 0 Å². The molecule has 2 heterocycles. The van der Waals surface area contributed by atoms with Gasteiger partial charge in [0.1, 0.15) is 11.3 Å². The third-order valence-corrected chi connectivity index (χ3v) is 3.51. The van der Waals surface area contributed by atoms with Crippen LogP contribution in [0, 0.1) is 0 Å². The minimum atomic E-state index is -0.536. The smallest absolute Gasteiger partial charge is 0.410 e. The molecule has 0 bridgehead atoms. The summed E-state index contributed by atoms with van der Waals surface area (Å²) in [6.45, 7) is 7.86. The predicted molar refractivity (Wildman–Crippen MR) is 84.5 cm³/mol. The van der Waals surface area contributed by atoms with Gasteiger partial charge in [0.05, 0.1) is 0 Å². The number of carbonyl (C=O) groups excluding carboxylic acids is 3. The Kier molecular flexibility index (Phi) is 4.77. The van der Waals surface area contributed by atoms with E-state index < -0.39 is 5.60 Å². The average molecular weight is 321 g/mol. The number of H-pyrrole nitrogens is 1. The van der Waals surface area contributed by atoms with Crippen molar-refractivity contribution >= 4 is 17.8 Å². The van der Waals surface area contributed by atoms with Crippen molar-refractivity contribution in [1.29, 1.82) is 0 Å². The van der Waals surface area contributed by atoms with E-state index in [0.29, 0.717) is 30.8 Å². The number of likely N-dealkylation sites (tertiary alicyclic amines) is 1. The summed E-state index contributed by atoms with van der Waals surface area (Å²) in [6, 6.07) is 1.40. The van der Waals surface area contributed by atoms with E-state index in [-0.39, 0.29) is 23.8 Å². The lowest BCUT2D eigenvalue weighted by atomic mass is 10.2. The second kappa shape index (κ2) is 6.44. The number of Topliss-reactive ketones (excluding diaryl/α,β-unsaturated/α-hetero) is 1. The van der Waals surface area contributed by atoms with Gasteiger partial charge in [-0.15, -0.1) is 0 Å². The van der Waals surface area contributed by atoms with E-state index in [2.05, 4.69) is 10.3 Å². The van der Waals surface area contributed by atoms with Crippen molar-refractivity contribution in [2.45, 2.75) is 45.8 Å². The summed E-state index contributed by atoms with van der Waals surface area (Å²) in [4.78, 5) is 39.8. The van der Waals surface area contributed by atoms with Crippen molar-refractivity contribution in [2.75, 3.05) is 13.1 Å². The summed E-state index contributed by atoms with van der Waals surface area (Å²) in [5.74, 6) is -0.384. The fraction of sp³-hybridized carbons (Fsp3) is 0.562. The van der Waals surface area contributed by atoms with E-state index in [1.807, 2.05) is 20.8 Å². The molecule has 1 aromatic rings. The van der Waals surface area contributed by atoms with E-state index in [1.54, 1.807) is 4.90 Å². The molecule has 1 aliphatic rings. The molecule has 0 unspecified atom stereocenters. The van der Waals surface area contributed by atoms with Crippen molar-refractivity contribution in [3.05, 3.63) is 23.5 Å². The number of hydrogen-bond acceptors (Lipinski definition) is 4. The van der Waals surface area contributed by atoms with Crippen LogP contribution in [0.5, 0.6) is 0 Å². The number of aromatic nitrogens is 1. The average Bonchev–Trinajstić information content (AvgIpc) is 3.05. The Bertz CT molecular complexity index is 615. The lowest BCUT2D eigenvalue weighted by Crippen LogP contribution is -2.40. The van der Waals surface area contributed by atoms with Crippen molar-refractivity contribution < 1.29 is 19.1 Å². The summed E-state index contributed by atoms with van der Waals surface area (Å²) in [6.07, 6.45) is 1.82. The molecule has 1 saturated heterocycles. The topological polar surface area (TPSA) is 91.5 Å². The van der Waals surface area contributed by atoms with Gasteiger partial charge in [0.15, 0.2) is 5.78 Å². The first-order valence-electron chi connectivity index (χ1n) is 7.64. The number of hydrogen-bond donors (Lipinski definition) is 2. The zero-order chi connectivity index (χ0) is 17.2. The monoisotopic (exact) mass is 321 g/mol. The van der Waals surface area contributed by atoms with E-state index >= 15 is 0 Å². The molecular formula is C16H23N3O4. The number of nitrogens with one attached hydrogen (secondary N) is 2. The molecule has 2 N–H and O–H groups in total. The molecule has 0 aliphatic carbocycles. The number of amides is 2. The van der Waals surface area contributed by atoms with Gasteiger partial charge in [0.2, 0.25) is 0 Å². The summed E-state index contributed by atoms with van der Waals surface area (Å²) in [5, 5.41) is 2.86.